The maximum atomic E-state index is 5.92. The Morgan fingerprint density at radius 1 is 0.697 bits per heavy atom. The molecule has 3 rings (SSSR count). The van der Waals surface area contributed by atoms with Gasteiger partial charge in [-0.3, -0.25) is 0 Å². The monoisotopic (exact) mass is 452 g/mol. The largest absolute Gasteiger partial charge is 0.494 e. The number of hydrogen-bond donors (Lipinski definition) is 0. The minimum atomic E-state index is 0.716. The molecule has 1 saturated carbocycles. The zero-order valence-corrected chi connectivity index (χ0v) is 20.8. The average molecular weight is 453 g/mol. The van der Waals surface area contributed by atoms with Crippen molar-refractivity contribution in [2.45, 2.75) is 103 Å². The molecule has 0 radical (unpaired) electrons. The first kappa shape index (κ1) is 25.5. The van der Waals surface area contributed by atoms with Crippen molar-refractivity contribution in [1.82, 2.24) is 9.97 Å². The Morgan fingerprint density at radius 2 is 1.27 bits per heavy atom. The molecule has 0 saturated heterocycles. The van der Waals surface area contributed by atoms with Crippen LogP contribution in [0.4, 0.5) is 0 Å². The van der Waals surface area contributed by atoms with Gasteiger partial charge in [-0.2, -0.15) is 0 Å². The Bertz CT molecular complexity index is 739. The van der Waals surface area contributed by atoms with E-state index in [1.807, 2.05) is 24.3 Å². The maximum Gasteiger partial charge on any atom is 0.159 e. The Morgan fingerprint density at radius 3 is 1.94 bits per heavy atom. The van der Waals surface area contributed by atoms with E-state index in [1.54, 1.807) is 12.4 Å². The van der Waals surface area contributed by atoms with E-state index < -0.39 is 0 Å². The molecule has 1 aromatic carbocycles. The van der Waals surface area contributed by atoms with Gasteiger partial charge in [0, 0.05) is 5.56 Å². The van der Waals surface area contributed by atoms with Crippen molar-refractivity contribution < 1.29 is 9.47 Å². The third-order valence-corrected chi connectivity index (χ3v) is 6.76. The van der Waals surface area contributed by atoms with Gasteiger partial charge in [-0.05, 0) is 43.0 Å². The van der Waals surface area contributed by atoms with Gasteiger partial charge in [-0.25, -0.2) is 9.97 Å². The summed E-state index contributed by atoms with van der Waals surface area (Å²) in [5.74, 6) is 3.43. The van der Waals surface area contributed by atoms with E-state index in [1.165, 1.54) is 83.5 Å². The zero-order chi connectivity index (χ0) is 23.0. The number of benzene rings is 1. The fourth-order valence-corrected chi connectivity index (χ4v) is 4.69. The van der Waals surface area contributed by atoms with Crippen molar-refractivity contribution in [3.8, 4) is 22.9 Å². The molecule has 1 heterocycles. The summed E-state index contributed by atoms with van der Waals surface area (Å²) in [6, 6.07) is 8.08. The van der Waals surface area contributed by atoms with Crippen LogP contribution in [0.25, 0.3) is 11.4 Å². The van der Waals surface area contributed by atoms with Crippen LogP contribution in [0.15, 0.2) is 36.7 Å². The van der Waals surface area contributed by atoms with Crippen molar-refractivity contribution in [3.05, 3.63) is 36.7 Å². The second-order valence-corrected chi connectivity index (χ2v) is 9.58. The predicted molar refractivity (Wildman–Crippen MR) is 137 cm³/mol. The first-order valence-electron chi connectivity index (χ1n) is 13.5. The minimum Gasteiger partial charge on any atom is -0.494 e. The van der Waals surface area contributed by atoms with Crippen molar-refractivity contribution >= 4 is 0 Å². The van der Waals surface area contributed by atoms with Gasteiger partial charge in [0.1, 0.15) is 5.75 Å². The summed E-state index contributed by atoms with van der Waals surface area (Å²) in [5, 5.41) is 0. The second-order valence-electron chi connectivity index (χ2n) is 9.58. The highest BCUT2D eigenvalue weighted by Crippen LogP contribution is 2.29. The molecule has 1 fully saturated rings. The third kappa shape index (κ3) is 10.1. The standard InChI is InChI=1S/C29H44N2O2/c1-2-3-4-12-22-33-28-23-30-29(31-24-28)26-17-19-27(20-18-26)32-21-13-8-6-5-7-9-14-25-15-10-11-16-25/h17-20,23-25H,2-16,21-22H2,1H3. The van der Waals surface area contributed by atoms with E-state index in [2.05, 4.69) is 16.9 Å². The van der Waals surface area contributed by atoms with Gasteiger partial charge < -0.3 is 9.47 Å². The highest BCUT2D eigenvalue weighted by molar-refractivity contribution is 5.56. The first-order chi connectivity index (χ1) is 16.3. The molecule has 4 nitrogen and oxygen atoms in total. The van der Waals surface area contributed by atoms with Crippen molar-refractivity contribution in [1.29, 1.82) is 0 Å². The number of hydrogen-bond acceptors (Lipinski definition) is 4. The van der Waals surface area contributed by atoms with E-state index in [4.69, 9.17) is 9.47 Å². The molecule has 1 aromatic heterocycles. The molecular formula is C29H44N2O2. The van der Waals surface area contributed by atoms with E-state index >= 15 is 0 Å². The lowest BCUT2D eigenvalue weighted by Gasteiger charge is -2.09. The SMILES string of the molecule is CCCCCCOc1cnc(-c2ccc(OCCCCCCCCC3CCCC3)cc2)nc1. The van der Waals surface area contributed by atoms with Crippen LogP contribution >= 0.6 is 0 Å². The molecule has 0 aliphatic heterocycles. The molecule has 0 amide bonds. The van der Waals surface area contributed by atoms with Gasteiger partial charge in [0.15, 0.2) is 11.6 Å². The van der Waals surface area contributed by atoms with Gasteiger partial charge >= 0.3 is 0 Å². The lowest BCUT2D eigenvalue weighted by Crippen LogP contribution is -1.99. The molecule has 0 atom stereocenters. The van der Waals surface area contributed by atoms with E-state index in [0.717, 1.165) is 49.0 Å². The summed E-state index contributed by atoms with van der Waals surface area (Å²) in [5.41, 5.74) is 0.995. The topological polar surface area (TPSA) is 44.2 Å². The van der Waals surface area contributed by atoms with Crippen LogP contribution in [0.1, 0.15) is 103 Å². The smallest absolute Gasteiger partial charge is 0.159 e. The second kappa shape index (κ2) is 15.7. The van der Waals surface area contributed by atoms with Crippen LogP contribution in [0.2, 0.25) is 0 Å². The Hall–Kier alpha value is -2.10. The zero-order valence-electron chi connectivity index (χ0n) is 20.8. The van der Waals surface area contributed by atoms with Crippen LogP contribution in [-0.4, -0.2) is 23.2 Å². The van der Waals surface area contributed by atoms with Gasteiger partial charge in [-0.15, -0.1) is 0 Å². The fraction of sp³-hybridized carbons (Fsp3) is 0.655. The molecule has 2 aromatic rings. The predicted octanol–water partition coefficient (Wildman–Crippen LogP) is 8.40. The number of ether oxygens (including phenoxy) is 2. The van der Waals surface area contributed by atoms with Crippen LogP contribution in [-0.2, 0) is 0 Å². The third-order valence-electron chi connectivity index (χ3n) is 6.76. The van der Waals surface area contributed by atoms with E-state index in [9.17, 15) is 0 Å². The first-order valence-corrected chi connectivity index (χ1v) is 13.5. The summed E-state index contributed by atoms with van der Waals surface area (Å²) >= 11 is 0. The molecule has 0 spiro atoms. The Labute approximate surface area is 201 Å². The molecule has 0 N–H and O–H groups in total. The van der Waals surface area contributed by atoms with E-state index in [0.29, 0.717) is 5.82 Å². The lowest BCUT2D eigenvalue weighted by molar-refractivity contribution is 0.302. The summed E-state index contributed by atoms with van der Waals surface area (Å²) in [7, 11) is 0. The highest BCUT2D eigenvalue weighted by Gasteiger charge is 2.13. The summed E-state index contributed by atoms with van der Waals surface area (Å²) in [4.78, 5) is 8.91. The fourth-order valence-electron chi connectivity index (χ4n) is 4.69. The van der Waals surface area contributed by atoms with Gasteiger partial charge in [-0.1, -0.05) is 90.4 Å². The Kier molecular flexibility index (Phi) is 12.1. The number of unbranched alkanes of at least 4 members (excludes halogenated alkanes) is 8. The molecule has 1 aliphatic rings. The van der Waals surface area contributed by atoms with Gasteiger partial charge in [0.05, 0.1) is 25.6 Å². The normalized spacial score (nSPS) is 14.0. The van der Waals surface area contributed by atoms with Crippen molar-refractivity contribution in [2.75, 3.05) is 13.2 Å². The molecule has 0 unspecified atom stereocenters. The lowest BCUT2D eigenvalue weighted by atomic mass is 9.99. The van der Waals surface area contributed by atoms with Gasteiger partial charge in [0.25, 0.3) is 0 Å². The summed E-state index contributed by atoms with van der Waals surface area (Å²) < 4.78 is 11.7. The molecule has 1 aliphatic carbocycles. The van der Waals surface area contributed by atoms with Crippen molar-refractivity contribution in [2.24, 2.45) is 5.92 Å². The number of rotatable bonds is 17. The molecule has 182 valence electrons. The minimum absolute atomic E-state index is 0.716. The van der Waals surface area contributed by atoms with Crippen molar-refractivity contribution in [3.63, 3.8) is 0 Å². The Balaban J connectivity index is 1.24. The summed E-state index contributed by atoms with van der Waals surface area (Å²) in [6.45, 7) is 3.74. The molecular weight excluding hydrogens is 408 g/mol. The van der Waals surface area contributed by atoms with Crippen LogP contribution < -0.4 is 9.47 Å². The van der Waals surface area contributed by atoms with Crippen LogP contribution in [0, 0.1) is 5.92 Å². The van der Waals surface area contributed by atoms with E-state index in [-0.39, 0.29) is 0 Å². The van der Waals surface area contributed by atoms with Crippen LogP contribution in [0.5, 0.6) is 11.5 Å². The maximum absolute atomic E-state index is 5.92. The number of aromatic nitrogens is 2. The summed E-state index contributed by atoms with van der Waals surface area (Å²) in [6.07, 6.45) is 23.7. The quantitative estimate of drug-likeness (QED) is 0.226. The number of nitrogens with zero attached hydrogens (tertiary/aromatic N) is 2. The molecule has 4 heteroatoms. The van der Waals surface area contributed by atoms with Gasteiger partial charge in [0.2, 0.25) is 0 Å². The average Bonchev–Trinajstić information content (AvgIpc) is 3.37. The highest BCUT2D eigenvalue weighted by atomic mass is 16.5. The molecule has 0 bridgehead atoms. The van der Waals surface area contributed by atoms with Crippen LogP contribution in [0.3, 0.4) is 0 Å². The molecule has 33 heavy (non-hydrogen) atoms.